The Morgan fingerprint density at radius 3 is 2.68 bits per heavy atom. The Morgan fingerprint density at radius 2 is 2.00 bits per heavy atom. The number of rotatable bonds is 2. The van der Waals surface area contributed by atoms with Gasteiger partial charge in [-0.2, -0.15) is 5.26 Å². The molecule has 5 heteroatoms. The van der Waals surface area contributed by atoms with Crippen molar-refractivity contribution >= 4 is 5.82 Å². The van der Waals surface area contributed by atoms with Crippen LogP contribution >= 0.6 is 0 Å². The zero-order valence-electron chi connectivity index (χ0n) is 13.7. The van der Waals surface area contributed by atoms with Gasteiger partial charge in [0.2, 0.25) is 0 Å². The fourth-order valence-corrected chi connectivity index (χ4v) is 3.69. The molecule has 2 fully saturated rings. The highest BCUT2D eigenvalue weighted by molar-refractivity contribution is 5.59. The Morgan fingerprint density at radius 1 is 1.27 bits per heavy atom. The van der Waals surface area contributed by atoms with Crippen LogP contribution in [-0.2, 0) is 4.74 Å². The van der Waals surface area contributed by atoms with E-state index in [2.05, 4.69) is 27.8 Å². The molecule has 1 aromatic heterocycles. The zero-order valence-corrected chi connectivity index (χ0v) is 13.7. The molecule has 5 nitrogen and oxygen atoms in total. The number of aromatic nitrogens is 1. The number of ether oxygens (including phenoxy) is 1. The lowest BCUT2D eigenvalue weighted by Gasteiger charge is -2.34. The molecule has 0 radical (unpaired) electrons. The lowest BCUT2D eigenvalue weighted by Crippen LogP contribution is -2.46. The third-order valence-electron chi connectivity index (χ3n) is 4.82. The largest absolute Gasteiger partial charge is 0.379 e. The van der Waals surface area contributed by atoms with Crippen molar-refractivity contribution < 1.29 is 4.74 Å². The standard InChI is InChI=1S/C17H24N4O/c1-12-8-14(3)19-17(15(12)9-18)21-10-13(2)16(11-21)20-4-6-22-7-5-20/h8,13,16H,4-7,10-11H2,1-3H3/t13-,16-/m1/s1. The summed E-state index contributed by atoms with van der Waals surface area (Å²) in [5.74, 6) is 1.44. The first-order valence-corrected chi connectivity index (χ1v) is 8.05. The van der Waals surface area contributed by atoms with Crippen LogP contribution in [0.15, 0.2) is 6.07 Å². The monoisotopic (exact) mass is 300 g/mol. The van der Waals surface area contributed by atoms with Crippen LogP contribution in [0.2, 0.25) is 0 Å². The Balaban J connectivity index is 1.84. The number of nitrogens with zero attached hydrogens (tertiary/aromatic N) is 4. The maximum absolute atomic E-state index is 9.49. The quantitative estimate of drug-likeness (QED) is 0.832. The highest BCUT2D eigenvalue weighted by atomic mass is 16.5. The van der Waals surface area contributed by atoms with Crippen molar-refractivity contribution in [3.8, 4) is 6.07 Å². The second-order valence-electron chi connectivity index (χ2n) is 6.49. The normalized spacial score (nSPS) is 26.2. The first-order valence-electron chi connectivity index (χ1n) is 8.05. The van der Waals surface area contributed by atoms with Crippen molar-refractivity contribution in [1.82, 2.24) is 9.88 Å². The van der Waals surface area contributed by atoms with Gasteiger partial charge in [-0.15, -0.1) is 0 Å². The van der Waals surface area contributed by atoms with Crippen LogP contribution < -0.4 is 4.90 Å². The number of aryl methyl sites for hydroxylation is 2. The molecule has 118 valence electrons. The number of hydrogen-bond acceptors (Lipinski definition) is 5. The predicted molar refractivity (Wildman–Crippen MR) is 86.0 cm³/mol. The number of anilines is 1. The summed E-state index contributed by atoms with van der Waals surface area (Å²) in [7, 11) is 0. The summed E-state index contributed by atoms with van der Waals surface area (Å²) in [5, 5.41) is 9.49. The van der Waals surface area contributed by atoms with Crippen LogP contribution in [0.25, 0.3) is 0 Å². The number of pyridine rings is 1. The smallest absolute Gasteiger partial charge is 0.147 e. The van der Waals surface area contributed by atoms with E-state index in [1.807, 2.05) is 19.9 Å². The van der Waals surface area contributed by atoms with Crippen molar-refractivity contribution in [1.29, 1.82) is 5.26 Å². The summed E-state index contributed by atoms with van der Waals surface area (Å²) in [6.45, 7) is 11.9. The van der Waals surface area contributed by atoms with Crippen molar-refractivity contribution in [3.63, 3.8) is 0 Å². The highest BCUT2D eigenvalue weighted by Gasteiger charge is 2.36. The van der Waals surface area contributed by atoms with Gasteiger partial charge in [-0.25, -0.2) is 4.98 Å². The van der Waals surface area contributed by atoms with E-state index < -0.39 is 0 Å². The van der Waals surface area contributed by atoms with Crippen LogP contribution in [0.4, 0.5) is 5.82 Å². The highest BCUT2D eigenvalue weighted by Crippen LogP contribution is 2.30. The summed E-state index contributed by atoms with van der Waals surface area (Å²) in [6, 6.07) is 4.85. The molecular weight excluding hydrogens is 276 g/mol. The van der Waals surface area contributed by atoms with Gasteiger partial charge in [0.25, 0.3) is 0 Å². The first-order chi connectivity index (χ1) is 10.6. The minimum atomic E-state index is 0.526. The summed E-state index contributed by atoms with van der Waals surface area (Å²) in [6.07, 6.45) is 0. The third kappa shape index (κ3) is 2.81. The molecule has 0 spiro atoms. The number of morpholine rings is 1. The van der Waals surface area contributed by atoms with E-state index in [9.17, 15) is 5.26 Å². The summed E-state index contributed by atoms with van der Waals surface area (Å²) in [5.41, 5.74) is 2.72. The predicted octanol–water partition coefficient (Wildman–Crippen LogP) is 1.73. The second-order valence-corrected chi connectivity index (χ2v) is 6.49. The van der Waals surface area contributed by atoms with Gasteiger partial charge in [-0.05, 0) is 31.4 Å². The molecule has 0 aliphatic carbocycles. The van der Waals surface area contributed by atoms with E-state index in [1.165, 1.54) is 0 Å². The van der Waals surface area contributed by atoms with Crippen LogP contribution in [0.3, 0.4) is 0 Å². The Kier molecular flexibility index (Phi) is 4.32. The van der Waals surface area contributed by atoms with Gasteiger partial charge in [-0.1, -0.05) is 6.92 Å². The molecule has 0 amide bonds. The summed E-state index contributed by atoms with van der Waals surface area (Å²) >= 11 is 0. The van der Waals surface area contributed by atoms with Crippen molar-refractivity contribution in [3.05, 3.63) is 22.9 Å². The molecule has 0 unspecified atom stereocenters. The van der Waals surface area contributed by atoms with E-state index in [-0.39, 0.29) is 0 Å². The Bertz CT molecular complexity index is 589. The van der Waals surface area contributed by atoms with Gasteiger partial charge >= 0.3 is 0 Å². The molecule has 0 aromatic carbocycles. The van der Waals surface area contributed by atoms with Gasteiger partial charge in [0, 0.05) is 37.9 Å². The molecule has 2 atom stereocenters. The van der Waals surface area contributed by atoms with E-state index in [0.717, 1.165) is 62.0 Å². The van der Waals surface area contributed by atoms with Crippen LogP contribution in [0.5, 0.6) is 0 Å². The average Bonchev–Trinajstić information content (AvgIpc) is 2.89. The minimum Gasteiger partial charge on any atom is -0.379 e. The number of nitriles is 1. The lowest BCUT2D eigenvalue weighted by atomic mass is 10.0. The molecule has 0 N–H and O–H groups in total. The first kappa shape index (κ1) is 15.3. The maximum Gasteiger partial charge on any atom is 0.147 e. The molecule has 0 bridgehead atoms. The molecule has 22 heavy (non-hydrogen) atoms. The van der Waals surface area contributed by atoms with Crippen LogP contribution in [0.1, 0.15) is 23.7 Å². The Labute approximate surface area is 132 Å². The van der Waals surface area contributed by atoms with Crippen LogP contribution in [0, 0.1) is 31.1 Å². The van der Waals surface area contributed by atoms with Gasteiger partial charge in [0.05, 0.1) is 18.8 Å². The van der Waals surface area contributed by atoms with Gasteiger partial charge in [-0.3, -0.25) is 4.90 Å². The third-order valence-corrected chi connectivity index (χ3v) is 4.82. The maximum atomic E-state index is 9.49. The zero-order chi connectivity index (χ0) is 15.7. The molecule has 2 aliphatic rings. The fraction of sp³-hybridized carbons (Fsp3) is 0.647. The van der Waals surface area contributed by atoms with Gasteiger partial charge in [0.15, 0.2) is 0 Å². The molecule has 2 aliphatic heterocycles. The topological polar surface area (TPSA) is 52.4 Å². The van der Waals surface area contributed by atoms with Crippen LogP contribution in [-0.4, -0.2) is 55.3 Å². The Hall–Kier alpha value is -1.64. The summed E-state index contributed by atoms with van der Waals surface area (Å²) < 4.78 is 5.46. The second kappa shape index (κ2) is 6.23. The van der Waals surface area contributed by atoms with E-state index in [0.29, 0.717) is 12.0 Å². The van der Waals surface area contributed by atoms with Crippen molar-refractivity contribution in [2.24, 2.45) is 5.92 Å². The fourth-order valence-electron chi connectivity index (χ4n) is 3.69. The molecule has 3 heterocycles. The number of hydrogen-bond donors (Lipinski definition) is 0. The SMILES string of the molecule is Cc1cc(C)c(C#N)c(N2C[C@@H](C)[C@H](N3CCOCC3)C2)n1. The van der Waals surface area contributed by atoms with Gasteiger partial charge < -0.3 is 9.64 Å². The van der Waals surface area contributed by atoms with E-state index in [4.69, 9.17) is 4.74 Å². The molecule has 1 aromatic rings. The van der Waals surface area contributed by atoms with Crippen molar-refractivity contribution in [2.45, 2.75) is 26.8 Å². The molecule has 3 rings (SSSR count). The molecule has 2 saturated heterocycles. The van der Waals surface area contributed by atoms with Crippen molar-refractivity contribution in [2.75, 3.05) is 44.3 Å². The molecular formula is C17H24N4O. The van der Waals surface area contributed by atoms with E-state index in [1.54, 1.807) is 0 Å². The minimum absolute atomic E-state index is 0.526. The van der Waals surface area contributed by atoms with Gasteiger partial charge in [0.1, 0.15) is 11.9 Å². The molecule has 0 saturated carbocycles. The summed E-state index contributed by atoms with van der Waals surface area (Å²) in [4.78, 5) is 9.49. The lowest BCUT2D eigenvalue weighted by molar-refractivity contribution is 0.0134. The van der Waals surface area contributed by atoms with E-state index >= 15 is 0 Å². The average molecular weight is 300 g/mol.